The second kappa shape index (κ2) is 9.75. The van der Waals surface area contributed by atoms with Crippen LogP contribution in [0.25, 0.3) is 5.52 Å². The molecule has 1 fully saturated rings. The van der Waals surface area contributed by atoms with E-state index in [4.69, 9.17) is 10.1 Å². The van der Waals surface area contributed by atoms with Crippen molar-refractivity contribution in [2.24, 2.45) is 0 Å². The predicted octanol–water partition coefficient (Wildman–Crippen LogP) is 1.61. The van der Waals surface area contributed by atoms with E-state index < -0.39 is 17.4 Å². The lowest BCUT2D eigenvalue weighted by Gasteiger charge is -2.26. The van der Waals surface area contributed by atoms with Crippen molar-refractivity contribution in [3.05, 3.63) is 59.7 Å². The van der Waals surface area contributed by atoms with E-state index in [1.807, 2.05) is 29.3 Å². The number of fused-ring (bicyclic) bond motifs is 1. The highest BCUT2D eigenvalue weighted by molar-refractivity contribution is 7.90. The summed E-state index contributed by atoms with van der Waals surface area (Å²) in [7, 11) is 0. The molecule has 4 rings (SSSR count). The van der Waals surface area contributed by atoms with Gasteiger partial charge >= 0.3 is 0 Å². The minimum absolute atomic E-state index is 0.228. The van der Waals surface area contributed by atoms with Crippen LogP contribution in [0.3, 0.4) is 0 Å². The van der Waals surface area contributed by atoms with E-state index in [1.165, 1.54) is 0 Å². The van der Waals surface area contributed by atoms with Gasteiger partial charge in [0.25, 0.3) is 0 Å². The molecule has 1 aliphatic heterocycles. The lowest BCUT2D eigenvalue weighted by atomic mass is 10.0. The molecule has 1 aliphatic rings. The van der Waals surface area contributed by atoms with Crippen LogP contribution in [0, 0.1) is 5.41 Å². The number of hydrogen-bond acceptors (Lipinski definition) is 8. The fourth-order valence-electron chi connectivity index (χ4n) is 3.61. The molecular formula is C21H26N6O3S. The van der Waals surface area contributed by atoms with Crippen LogP contribution in [0.5, 0.6) is 0 Å². The molecule has 3 aromatic heterocycles. The van der Waals surface area contributed by atoms with E-state index in [0.29, 0.717) is 48.8 Å². The minimum atomic E-state index is -1.08. The first-order valence-corrected chi connectivity index (χ1v) is 11.8. The van der Waals surface area contributed by atoms with Crippen molar-refractivity contribution >= 4 is 28.1 Å². The fraction of sp³-hybridized carbons (Fsp3) is 0.381. The maximum atomic E-state index is 11.7. The van der Waals surface area contributed by atoms with E-state index in [0.717, 1.165) is 11.9 Å². The molecule has 0 bridgehead atoms. The fourth-order valence-corrected chi connectivity index (χ4v) is 3.97. The maximum absolute atomic E-state index is 11.7. The molecule has 2 atom stereocenters. The Morgan fingerprint density at radius 2 is 2.19 bits per heavy atom. The molecule has 0 amide bonds. The zero-order valence-corrected chi connectivity index (χ0v) is 18.1. The number of anilines is 1. The molecule has 0 aliphatic carbocycles. The maximum Gasteiger partial charge on any atom is 0.175 e. The lowest BCUT2D eigenvalue weighted by molar-refractivity contribution is -0.00253. The summed E-state index contributed by atoms with van der Waals surface area (Å²) in [5.74, 6) is 0.228. The van der Waals surface area contributed by atoms with Gasteiger partial charge in [-0.2, -0.15) is 5.10 Å². The van der Waals surface area contributed by atoms with E-state index in [2.05, 4.69) is 15.4 Å². The Morgan fingerprint density at radius 3 is 3.03 bits per heavy atom. The summed E-state index contributed by atoms with van der Waals surface area (Å²) in [5, 5.41) is 27.1. The van der Waals surface area contributed by atoms with Crippen molar-refractivity contribution in [1.82, 2.24) is 19.5 Å². The molecule has 2 unspecified atom stereocenters. The Morgan fingerprint density at radius 1 is 1.32 bits per heavy atom. The molecule has 4 heterocycles. The molecule has 0 aromatic carbocycles. The molecular weight excluding hydrogens is 416 g/mol. The zero-order chi connectivity index (χ0) is 21.8. The summed E-state index contributed by atoms with van der Waals surface area (Å²) in [6, 6.07) is 7.41. The van der Waals surface area contributed by atoms with Gasteiger partial charge in [-0.3, -0.25) is 15.3 Å². The number of aromatic nitrogens is 3. The molecule has 0 saturated carbocycles. The van der Waals surface area contributed by atoms with Crippen LogP contribution in [0.15, 0.2) is 42.9 Å². The van der Waals surface area contributed by atoms with E-state index in [-0.39, 0.29) is 11.6 Å². The van der Waals surface area contributed by atoms with Crippen LogP contribution in [0.1, 0.15) is 29.5 Å². The molecule has 0 radical (unpaired) electrons. The summed E-state index contributed by atoms with van der Waals surface area (Å²) in [5.41, 5.74) is 3.36. The molecule has 3 N–H and O–H groups in total. The smallest absolute Gasteiger partial charge is 0.175 e. The van der Waals surface area contributed by atoms with E-state index >= 15 is 0 Å². The molecule has 9 nitrogen and oxygen atoms in total. The standard InChI is InChI=1S/C21H26N6O3S/c1-31(29)14-24-17-11-18(21(28)26-6-4-9-30-10-8-26)23-12-15(17)20(22)16-13-25-27-7-3-2-5-19(16)27/h2-3,5,7,11-13,21-22,28H,4,6,8-10,14H2,1H3,(H,23,24). The SMILES string of the molecule is C[S+]([O-])CNc1cc(C(O)N2CCCOCC2)ncc1C(=N)c1cnn2ccccc12. The van der Waals surface area contributed by atoms with Crippen molar-refractivity contribution in [1.29, 1.82) is 5.41 Å². The first-order chi connectivity index (χ1) is 15.0. The van der Waals surface area contributed by atoms with E-state index in [9.17, 15) is 9.66 Å². The number of aliphatic hydroxyl groups excluding tert-OH is 1. The van der Waals surface area contributed by atoms with Crippen molar-refractivity contribution < 1.29 is 14.4 Å². The van der Waals surface area contributed by atoms with Gasteiger partial charge in [-0.1, -0.05) is 6.07 Å². The number of ether oxygens (including phenoxy) is 1. The normalized spacial score (nSPS) is 17.3. The van der Waals surface area contributed by atoms with Crippen LogP contribution in [0.4, 0.5) is 5.69 Å². The quantitative estimate of drug-likeness (QED) is 0.375. The first-order valence-electron chi connectivity index (χ1n) is 10.1. The third-order valence-corrected chi connectivity index (χ3v) is 5.77. The van der Waals surface area contributed by atoms with Gasteiger partial charge in [0.05, 0.1) is 41.7 Å². The highest BCUT2D eigenvalue weighted by Crippen LogP contribution is 2.26. The van der Waals surface area contributed by atoms with Crippen LogP contribution in [-0.2, 0) is 15.9 Å². The van der Waals surface area contributed by atoms with Crippen molar-refractivity contribution in [3.63, 3.8) is 0 Å². The summed E-state index contributed by atoms with van der Waals surface area (Å²) in [6.45, 7) is 2.57. The highest BCUT2D eigenvalue weighted by Gasteiger charge is 2.23. The van der Waals surface area contributed by atoms with Gasteiger partial charge < -0.3 is 19.7 Å². The van der Waals surface area contributed by atoms with Gasteiger partial charge in [-0.15, -0.1) is 0 Å². The second-order valence-electron chi connectivity index (χ2n) is 7.39. The molecule has 10 heteroatoms. The van der Waals surface area contributed by atoms with Crippen LogP contribution >= 0.6 is 0 Å². The third kappa shape index (κ3) is 4.89. The number of rotatable bonds is 7. The highest BCUT2D eigenvalue weighted by atomic mass is 32.2. The number of hydrogen-bond donors (Lipinski definition) is 3. The molecule has 164 valence electrons. The summed E-state index contributed by atoms with van der Waals surface area (Å²) >= 11 is -1.08. The largest absolute Gasteiger partial charge is 0.615 e. The van der Waals surface area contributed by atoms with Gasteiger partial charge in [0, 0.05) is 43.2 Å². The molecule has 1 saturated heterocycles. The Balaban J connectivity index is 1.67. The predicted molar refractivity (Wildman–Crippen MR) is 120 cm³/mol. The molecule has 31 heavy (non-hydrogen) atoms. The summed E-state index contributed by atoms with van der Waals surface area (Å²) in [4.78, 5) is 6.39. The Labute approximate surface area is 183 Å². The van der Waals surface area contributed by atoms with Gasteiger partial charge in [-0.25, -0.2) is 4.52 Å². The minimum Gasteiger partial charge on any atom is -0.615 e. The topological polar surface area (TPSA) is 122 Å². The number of nitrogens with zero attached hydrogens (tertiary/aromatic N) is 4. The number of pyridine rings is 2. The average molecular weight is 443 g/mol. The van der Waals surface area contributed by atoms with Crippen molar-refractivity contribution in [3.8, 4) is 0 Å². The van der Waals surface area contributed by atoms with Crippen molar-refractivity contribution in [2.45, 2.75) is 12.6 Å². The van der Waals surface area contributed by atoms with Crippen LogP contribution in [0.2, 0.25) is 0 Å². The summed E-state index contributed by atoms with van der Waals surface area (Å²) in [6.07, 6.45) is 6.64. The van der Waals surface area contributed by atoms with Gasteiger partial charge in [0.15, 0.2) is 12.1 Å². The Hall–Kier alpha value is -2.50. The number of nitrogens with one attached hydrogen (secondary N) is 2. The summed E-state index contributed by atoms with van der Waals surface area (Å²) < 4.78 is 18.9. The first kappa shape index (κ1) is 21.7. The third-order valence-electron chi connectivity index (χ3n) is 5.22. The average Bonchev–Trinajstić information content (AvgIpc) is 3.02. The monoisotopic (exact) mass is 442 g/mol. The van der Waals surface area contributed by atoms with Crippen molar-refractivity contribution in [2.75, 3.05) is 43.8 Å². The second-order valence-corrected chi connectivity index (χ2v) is 8.82. The zero-order valence-electron chi connectivity index (χ0n) is 17.3. The van der Waals surface area contributed by atoms with Gasteiger partial charge in [-0.05, 0) is 35.8 Å². The number of aliphatic hydroxyl groups is 1. The van der Waals surface area contributed by atoms with Gasteiger partial charge in [0.2, 0.25) is 0 Å². The molecule has 3 aromatic rings. The van der Waals surface area contributed by atoms with Crippen LogP contribution < -0.4 is 5.32 Å². The Bertz CT molecular complexity index is 1050. The Kier molecular flexibility index (Phi) is 6.83. The van der Waals surface area contributed by atoms with Gasteiger partial charge in [0.1, 0.15) is 0 Å². The molecule has 0 spiro atoms. The van der Waals surface area contributed by atoms with E-state index in [1.54, 1.807) is 29.2 Å². The van der Waals surface area contributed by atoms with Crippen LogP contribution in [-0.4, -0.2) is 73.3 Å². The lowest BCUT2D eigenvalue weighted by Crippen LogP contribution is -2.31.